The lowest BCUT2D eigenvalue weighted by atomic mass is 9.98. The molecule has 1 aromatic rings. The van der Waals surface area contributed by atoms with Crippen LogP contribution >= 0.6 is 11.6 Å². The summed E-state index contributed by atoms with van der Waals surface area (Å²) in [6, 6.07) is 0. The normalized spacial score (nSPS) is 21.5. The highest BCUT2D eigenvalue weighted by molar-refractivity contribution is 6.28. The van der Waals surface area contributed by atoms with Crippen molar-refractivity contribution in [2.24, 2.45) is 5.92 Å². The van der Waals surface area contributed by atoms with Crippen LogP contribution in [0.2, 0.25) is 5.28 Å². The van der Waals surface area contributed by atoms with Crippen LogP contribution in [0.3, 0.4) is 0 Å². The highest BCUT2D eigenvalue weighted by atomic mass is 35.5. The van der Waals surface area contributed by atoms with E-state index < -0.39 is 5.82 Å². The highest BCUT2D eigenvalue weighted by Gasteiger charge is 2.17. The number of rotatable bonds is 3. The second-order valence-electron chi connectivity index (χ2n) is 4.49. The molecule has 0 spiro atoms. The van der Waals surface area contributed by atoms with Gasteiger partial charge in [0.25, 0.3) is 0 Å². The molecular weight excluding hydrogens is 243 g/mol. The van der Waals surface area contributed by atoms with Crippen molar-refractivity contribution in [1.29, 1.82) is 0 Å². The number of aromatic nitrogens is 2. The second kappa shape index (κ2) is 5.60. The van der Waals surface area contributed by atoms with Gasteiger partial charge in [0.05, 0.1) is 6.20 Å². The van der Waals surface area contributed by atoms with Crippen LogP contribution < -0.4 is 5.32 Å². The van der Waals surface area contributed by atoms with Gasteiger partial charge in [-0.25, -0.2) is 9.37 Å². The Morgan fingerprint density at radius 2 is 2.47 bits per heavy atom. The fourth-order valence-corrected chi connectivity index (χ4v) is 2.28. The number of anilines is 1. The molecule has 0 amide bonds. The van der Waals surface area contributed by atoms with E-state index in [2.05, 4.69) is 27.2 Å². The molecule has 0 aromatic carbocycles. The molecule has 1 fully saturated rings. The molecule has 1 saturated heterocycles. The van der Waals surface area contributed by atoms with Crippen molar-refractivity contribution in [3.05, 3.63) is 17.3 Å². The largest absolute Gasteiger partial charge is 0.367 e. The molecule has 2 heterocycles. The van der Waals surface area contributed by atoms with Crippen molar-refractivity contribution in [3.63, 3.8) is 0 Å². The molecule has 94 valence electrons. The van der Waals surface area contributed by atoms with Gasteiger partial charge in [-0.15, -0.1) is 0 Å². The van der Waals surface area contributed by atoms with E-state index in [1.54, 1.807) is 0 Å². The van der Waals surface area contributed by atoms with Crippen molar-refractivity contribution in [2.75, 3.05) is 32.0 Å². The van der Waals surface area contributed by atoms with Crippen LogP contribution in [-0.2, 0) is 0 Å². The Morgan fingerprint density at radius 1 is 1.65 bits per heavy atom. The summed E-state index contributed by atoms with van der Waals surface area (Å²) in [5.74, 6) is 0.263. The number of hydrogen-bond acceptors (Lipinski definition) is 4. The second-order valence-corrected chi connectivity index (χ2v) is 4.83. The Morgan fingerprint density at radius 3 is 3.24 bits per heavy atom. The van der Waals surface area contributed by atoms with E-state index >= 15 is 0 Å². The summed E-state index contributed by atoms with van der Waals surface area (Å²) in [6.45, 7) is 2.90. The smallest absolute Gasteiger partial charge is 0.224 e. The molecule has 1 atom stereocenters. The first kappa shape index (κ1) is 12.5. The lowest BCUT2D eigenvalue weighted by Crippen LogP contribution is -2.35. The maximum atomic E-state index is 13.3. The van der Waals surface area contributed by atoms with Crippen LogP contribution in [0.25, 0.3) is 0 Å². The van der Waals surface area contributed by atoms with Crippen LogP contribution in [0.5, 0.6) is 0 Å². The first-order valence-corrected chi connectivity index (χ1v) is 6.13. The van der Waals surface area contributed by atoms with Gasteiger partial charge in [-0.3, -0.25) is 0 Å². The van der Waals surface area contributed by atoms with Gasteiger partial charge < -0.3 is 10.2 Å². The van der Waals surface area contributed by atoms with E-state index in [-0.39, 0.29) is 11.1 Å². The van der Waals surface area contributed by atoms with Crippen LogP contribution in [0.1, 0.15) is 12.8 Å². The van der Waals surface area contributed by atoms with Gasteiger partial charge in [-0.2, -0.15) is 4.98 Å². The third-order valence-corrected chi connectivity index (χ3v) is 3.18. The Balaban J connectivity index is 1.90. The molecule has 0 saturated carbocycles. The summed E-state index contributed by atoms with van der Waals surface area (Å²) in [6.07, 6.45) is 3.44. The molecule has 0 radical (unpaired) electrons. The maximum absolute atomic E-state index is 13.3. The van der Waals surface area contributed by atoms with Gasteiger partial charge in [0.15, 0.2) is 11.6 Å². The first-order valence-electron chi connectivity index (χ1n) is 5.75. The number of hydrogen-bond donors (Lipinski definition) is 1. The summed E-state index contributed by atoms with van der Waals surface area (Å²) in [4.78, 5) is 9.70. The third-order valence-electron chi connectivity index (χ3n) is 2.99. The lowest BCUT2D eigenvalue weighted by molar-refractivity contribution is 0.217. The van der Waals surface area contributed by atoms with Gasteiger partial charge >= 0.3 is 0 Å². The van der Waals surface area contributed by atoms with Crippen LogP contribution in [0.4, 0.5) is 10.2 Å². The number of halogens is 2. The Bertz CT molecular complexity index is 388. The predicted molar refractivity (Wildman–Crippen MR) is 65.7 cm³/mol. The lowest BCUT2D eigenvalue weighted by Gasteiger charge is -2.29. The zero-order chi connectivity index (χ0) is 12.3. The molecule has 0 bridgehead atoms. The van der Waals surface area contributed by atoms with Gasteiger partial charge in [0.2, 0.25) is 5.28 Å². The zero-order valence-electron chi connectivity index (χ0n) is 9.79. The van der Waals surface area contributed by atoms with Crippen molar-refractivity contribution >= 4 is 17.4 Å². The summed E-state index contributed by atoms with van der Waals surface area (Å²) in [7, 11) is 2.11. The van der Waals surface area contributed by atoms with Crippen molar-refractivity contribution < 1.29 is 4.39 Å². The van der Waals surface area contributed by atoms with Gasteiger partial charge in [-0.1, -0.05) is 0 Å². The highest BCUT2D eigenvalue weighted by Crippen LogP contribution is 2.17. The Hall–Kier alpha value is -0.940. The first-order chi connectivity index (χ1) is 8.15. The summed E-state index contributed by atoms with van der Waals surface area (Å²) >= 11 is 5.62. The SMILES string of the molecule is CN1CCCC(CNc2nc(Cl)ncc2F)C1. The third kappa shape index (κ3) is 3.51. The van der Waals surface area contributed by atoms with Gasteiger partial charge in [0, 0.05) is 13.1 Å². The number of piperidine rings is 1. The summed E-state index contributed by atoms with van der Waals surface area (Å²) in [5.41, 5.74) is 0. The molecule has 6 heteroatoms. The molecule has 17 heavy (non-hydrogen) atoms. The predicted octanol–water partition coefficient (Wildman–Crippen LogP) is 2.02. The fraction of sp³-hybridized carbons (Fsp3) is 0.636. The minimum Gasteiger partial charge on any atom is -0.367 e. The Labute approximate surface area is 105 Å². The van der Waals surface area contributed by atoms with E-state index in [1.807, 2.05) is 0 Å². The molecule has 1 aliphatic rings. The molecule has 1 aromatic heterocycles. The number of likely N-dealkylation sites (tertiary alicyclic amines) is 1. The van der Waals surface area contributed by atoms with Crippen LogP contribution in [0.15, 0.2) is 6.20 Å². The van der Waals surface area contributed by atoms with E-state index in [0.717, 1.165) is 25.7 Å². The topological polar surface area (TPSA) is 41.0 Å². The maximum Gasteiger partial charge on any atom is 0.224 e. The molecule has 1 unspecified atom stereocenters. The van der Waals surface area contributed by atoms with E-state index in [1.165, 1.54) is 6.42 Å². The summed E-state index contributed by atoms with van der Waals surface area (Å²) in [5, 5.41) is 3.07. The molecule has 1 aliphatic heterocycles. The molecule has 2 rings (SSSR count). The van der Waals surface area contributed by atoms with Crippen LogP contribution in [0, 0.1) is 11.7 Å². The standard InChI is InChI=1S/C11H16ClFN4/c1-17-4-2-3-8(7-17)5-14-10-9(13)6-15-11(12)16-10/h6,8H,2-5,7H2,1H3,(H,14,15,16). The summed E-state index contributed by atoms with van der Waals surface area (Å²) < 4.78 is 13.3. The van der Waals surface area contributed by atoms with E-state index in [0.29, 0.717) is 12.5 Å². The minimum absolute atomic E-state index is 0.0645. The van der Waals surface area contributed by atoms with Crippen molar-refractivity contribution in [2.45, 2.75) is 12.8 Å². The molecule has 0 aliphatic carbocycles. The van der Waals surface area contributed by atoms with E-state index in [9.17, 15) is 4.39 Å². The fourth-order valence-electron chi connectivity index (χ4n) is 2.15. The minimum atomic E-state index is -0.460. The Kier molecular flexibility index (Phi) is 4.12. The van der Waals surface area contributed by atoms with Gasteiger partial charge in [-0.05, 0) is 44.0 Å². The van der Waals surface area contributed by atoms with Crippen LogP contribution in [-0.4, -0.2) is 41.5 Å². The average molecular weight is 259 g/mol. The van der Waals surface area contributed by atoms with Gasteiger partial charge in [0.1, 0.15) is 0 Å². The zero-order valence-corrected chi connectivity index (χ0v) is 10.5. The average Bonchev–Trinajstić information content (AvgIpc) is 2.30. The monoisotopic (exact) mass is 258 g/mol. The number of nitrogens with one attached hydrogen (secondary N) is 1. The molecular formula is C11H16ClFN4. The molecule has 1 N–H and O–H groups in total. The van der Waals surface area contributed by atoms with Crippen molar-refractivity contribution in [3.8, 4) is 0 Å². The van der Waals surface area contributed by atoms with E-state index in [4.69, 9.17) is 11.6 Å². The number of nitrogens with zero attached hydrogens (tertiary/aromatic N) is 3. The molecule has 4 nitrogen and oxygen atoms in total. The van der Waals surface area contributed by atoms with Crippen molar-refractivity contribution in [1.82, 2.24) is 14.9 Å². The quantitative estimate of drug-likeness (QED) is 0.843.